The molecule has 1 rings (SSSR count). The van der Waals surface area contributed by atoms with E-state index in [1.54, 1.807) is 7.05 Å². The van der Waals surface area contributed by atoms with E-state index in [-0.39, 0.29) is 22.7 Å². The fourth-order valence-corrected chi connectivity index (χ4v) is 1.51. The van der Waals surface area contributed by atoms with E-state index < -0.39 is 4.92 Å². The monoisotopic (exact) mass is 265 g/mol. The molecular weight excluding hydrogens is 246 g/mol. The van der Waals surface area contributed by atoms with E-state index in [0.29, 0.717) is 5.69 Å². The van der Waals surface area contributed by atoms with Gasteiger partial charge in [-0.3, -0.25) is 14.9 Å². The van der Waals surface area contributed by atoms with E-state index >= 15 is 0 Å². The van der Waals surface area contributed by atoms with Gasteiger partial charge < -0.3 is 10.6 Å². The Hall–Kier alpha value is -2.11. The lowest BCUT2D eigenvalue weighted by Crippen LogP contribution is -2.43. The molecule has 0 spiro atoms. The van der Waals surface area contributed by atoms with Gasteiger partial charge in [-0.1, -0.05) is 6.92 Å². The predicted octanol–water partition coefficient (Wildman–Crippen LogP) is 2.55. The summed E-state index contributed by atoms with van der Waals surface area (Å²) in [5.74, 6) is -0.320. The Labute approximate surface area is 112 Å². The number of anilines is 1. The number of carbonyl (C=O) groups is 1. The number of carbonyl (C=O) groups excluding carboxylic acids is 1. The maximum atomic E-state index is 12.2. The van der Waals surface area contributed by atoms with Crippen LogP contribution in [-0.2, 0) is 0 Å². The van der Waals surface area contributed by atoms with Gasteiger partial charge in [0, 0.05) is 30.4 Å². The average Bonchev–Trinajstić information content (AvgIpc) is 2.37. The molecule has 1 aromatic rings. The zero-order valence-corrected chi connectivity index (χ0v) is 11.6. The fraction of sp³-hybridized carbons (Fsp3) is 0.462. The van der Waals surface area contributed by atoms with Crippen LogP contribution in [-0.4, -0.2) is 23.4 Å². The molecule has 0 atom stereocenters. The molecule has 1 aromatic carbocycles. The molecule has 0 heterocycles. The van der Waals surface area contributed by atoms with Crippen LogP contribution < -0.4 is 10.6 Å². The topological polar surface area (TPSA) is 84.3 Å². The summed E-state index contributed by atoms with van der Waals surface area (Å²) in [6.07, 6.45) is 0.766. The van der Waals surface area contributed by atoms with Gasteiger partial charge in [-0.15, -0.1) is 0 Å². The summed E-state index contributed by atoms with van der Waals surface area (Å²) in [5, 5.41) is 16.5. The highest BCUT2D eigenvalue weighted by Gasteiger charge is 2.22. The second kappa shape index (κ2) is 5.69. The van der Waals surface area contributed by atoms with Crippen LogP contribution in [0.25, 0.3) is 0 Å². The van der Waals surface area contributed by atoms with Gasteiger partial charge in [-0.25, -0.2) is 0 Å². The average molecular weight is 265 g/mol. The van der Waals surface area contributed by atoms with E-state index in [9.17, 15) is 14.9 Å². The van der Waals surface area contributed by atoms with Gasteiger partial charge in [0.2, 0.25) is 0 Å². The van der Waals surface area contributed by atoms with E-state index in [1.807, 2.05) is 20.8 Å². The van der Waals surface area contributed by atoms with Crippen molar-refractivity contribution in [2.45, 2.75) is 32.7 Å². The quantitative estimate of drug-likeness (QED) is 0.633. The van der Waals surface area contributed by atoms with Crippen molar-refractivity contribution in [3.63, 3.8) is 0 Å². The fourth-order valence-electron chi connectivity index (χ4n) is 1.51. The molecule has 0 aromatic heterocycles. The summed E-state index contributed by atoms with van der Waals surface area (Å²) in [4.78, 5) is 22.5. The predicted molar refractivity (Wildman–Crippen MR) is 74.5 cm³/mol. The first-order valence-corrected chi connectivity index (χ1v) is 6.09. The van der Waals surface area contributed by atoms with Crippen molar-refractivity contribution < 1.29 is 9.72 Å². The summed E-state index contributed by atoms with van der Waals surface area (Å²) in [7, 11) is 1.67. The third-order valence-electron chi connectivity index (χ3n) is 3.06. The summed E-state index contributed by atoms with van der Waals surface area (Å²) >= 11 is 0. The number of hydrogen-bond donors (Lipinski definition) is 2. The Morgan fingerprint density at radius 3 is 2.53 bits per heavy atom. The van der Waals surface area contributed by atoms with Gasteiger partial charge in [0.1, 0.15) is 0 Å². The molecule has 0 aliphatic heterocycles. The zero-order valence-electron chi connectivity index (χ0n) is 11.6. The molecule has 6 nitrogen and oxygen atoms in total. The van der Waals surface area contributed by atoms with Crippen molar-refractivity contribution >= 4 is 17.3 Å². The van der Waals surface area contributed by atoms with Gasteiger partial charge in [0.25, 0.3) is 11.6 Å². The minimum atomic E-state index is -0.513. The van der Waals surface area contributed by atoms with Crippen molar-refractivity contribution in [2.75, 3.05) is 12.4 Å². The molecule has 6 heteroatoms. The van der Waals surface area contributed by atoms with E-state index in [4.69, 9.17) is 0 Å². The molecule has 0 aliphatic carbocycles. The molecule has 0 radical (unpaired) electrons. The number of nitro benzene ring substituents is 1. The van der Waals surface area contributed by atoms with Crippen molar-refractivity contribution in [3.8, 4) is 0 Å². The van der Waals surface area contributed by atoms with E-state index in [2.05, 4.69) is 10.6 Å². The Morgan fingerprint density at radius 1 is 1.42 bits per heavy atom. The van der Waals surface area contributed by atoms with Crippen LogP contribution in [0.5, 0.6) is 0 Å². The molecular formula is C13H19N3O3. The second-order valence-corrected chi connectivity index (χ2v) is 4.93. The van der Waals surface area contributed by atoms with Crippen LogP contribution in [0, 0.1) is 10.1 Å². The van der Waals surface area contributed by atoms with Crippen LogP contribution >= 0.6 is 0 Å². The summed E-state index contributed by atoms with van der Waals surface area (Å²) < 4.78 is 0. The minimum absolute atomic E-state index is 0.0987. The Bertz CT molecular complexity index is 498. The molecule has 0 bridgehead atoms. The first-order chi connectivity index (χ1) is 8.80. The first kappa shape index (κ1) is 14.9. The van der Waals surface area contributed by atoms with E-state index in [1.165, 1.54) is 18.2 Å². The number of rotatable bonds is 5. The molecule has 0 saturated carbocycles. The number of non-ortho nitro benzene ring substituents is 1. The number of amides is 1. The molecule has 1 amide bonds. The summed E-state index contributed by atoms with van der Waals surface area (Å²) in [5.41, 5.74) is 0.388. The van der Waals surface area contributed by atoms with E-state index in [0.717, 1.165) is 6.42 Å². The Morgan fingerprint density at radius 2 is 2.05 bits per heavy atom. The van der Waals surface area contributed by atoms with Gasteiger partial charge in [0.05, 0.1) is 10.5 Å². The van der Waals surface area contributed by atoms with Crippen molar-refractivity contribution in [1.29, 1.82) is 0 Å². The molecule has 0 unspecified atom stereocenters. The van der Waals surface area contributed by atoms with Crippen molar-refractivity contribution in [2.24, 2.45) is 0 Å². The summed E-state index contributed by atoms with van der Waals surface area (Å²) in [6.45, 7) is 5.77. The highest BCUT2D eigenvalue weighted by atomic mass is 16.6. The third kappa shape index (κ3) is 3.67. The van der Waals surface area contributed by atoms with Gasteiger partial charge in [-0.2, -0.15) is 0 Å². The Kier molecular flexibility index (Phi) is 4.47. The number of nitrogens with one attached hydrogen (secondary N) is 2. The van der Waals surface area contributed by atoms with Crippen molar-refractivity contribution in [3.05, 3.63) is 33.9 Å². The molecule has 0 aliphatic rings. The van der Waals surface area contributed by atoms with Crippen LogP contribution in [0.2, 0.25) is 0 Å². The van der Waals surface area contributed by atoms with Crippen molar-refractivity contribution in [1.82, 2.24) is 5.32 Å². The lowest BCUT2D eigenvalue weighted by atomic mass is 10.0. The van der Waals surface area contributed by atoms with Gasteiger partial charge in [-0.05, 0) is 26.3 Å². The minimum Gasteiger partial charge on any atom is -0.387 e. The standard InChI is InChI=1S/C13H19N3O3/c1-5-13(2,3)15-12(17)10-8-9(16(18)19)6-7-11(10)14-4/h6-8,14H,5H2,1-4H3,(H,15,17). The normalized spacial score (nSPS) is 10.9. The number of benzene rings is 1. The molecule has 19 heavy (non-hydrogen) atoms. The van der Waals surface area contributed by atoms with Crippen LogP contribution in [0.15, 0.2) is 18.2 Å². The number of nitrogens with zero attached hydrogens (tertiary/aromatic N) is 1. The third-order valence-corrected chi connectivity index (χ3v) is 3.06. The molecule has 0 fully saturated rings. The highest BCUT2D eigenvalue weighted by molar-refractivity contribution is 6.00. The highest BCUT2D eigenvalue weighted by Crippen LogP contribution is 2.22. The zero-order chi connectivity index (χ0) is 14.6. The maximum Gasteiger partial charge on any atom is 0.270 e. The molecule has 2 N–H and O–H groups in total. The maximum absolute atomic E-state index is 12.2. The second-order valence-electron chi connectivity index (χ2n) is 4.93. The molecule has 104 valence electrons. The summed E-state index contributed by atoms with van der Waals surface area (Å²) in [6, 6.07) is 4.19. The van der Waals surface area contributed by atoms with Crippen LogP contribution in [0.1, 0.15) is 37.6 Å². The van der Waals surface area contributed by atoms with Crippen LogP contribution in [0.3, 0.4) is 0 Å². The van der Waals surface area contributed by atoms with Crippen LogP contribution in [0.4, 0.5) is 11.4 Å². The SMILES string of the molecule is CCC(C)(C)NC(=O)c1cc([N+](=O)[O-])ccc1NC. The number of hydrogen-bond acceptors (Lipinski definition) is 4. The molecule has 0 saturated heterocycles. The lowest BCUT2D eigenvalue weighted by molar-refractivity contribution is -0.384. The number of nitro groups is 1. The van der Waals surface area contributed by atoms with Gasteiger partial charge >= 0.3 is 0 Å². The Balaban J connectivity index is 3.13. The first-order valence-electron chi connectivity index (χ1n) is 6.09. The largest absolute Gasteiger partial charge is 0.387 e. The van der Waals surface area contributed by atoms with Gasteiger partial charge in [0.15, 0.2) is 0 Å². The smallest absolute Gasteiger partial charge is 0.270 e. The lowest BCUT2D eigenvalue weighted by Gasteiger charge is -2.25.